The summed E-state index contributed by atoms with van der Waals surface area (Å²) in [6.07, 6.45) is 1.87. The van der Waals surface area contributed by atoms with Gasteiger partial charge in [0, 0.05) is 36.9 Å². The van der Waals surface area contributed by atoms with Gasteiger partial charge in [-0.15, -0.1) is 0 Å². The second kappa shape index (κ2) is 12.1. The van der Waals surface area contributed by atoms with Crippen LogP contribution in [0.2, 0.25) is 0 Å². The summed E-state index contributed by atoms with van der Waals surface area (Å²) < 4.78 is 14.6. The number of rotatable bonds is 7. The summed E-state index contributed by atoms with van der Waals surface area (Å²) in [6.45, 7) is 9.62. The predicted octanol–water partition coefficient (Wildman–Crippen LogP) is 4.37. The van der Waals surface area contributed by atoms with Gasteiger partial charge in [0.25, 0.3) is 5.56 Å². The van der Waals surface area contributed by atoms with Crippen LogP contribution in [0.5, 0.6) is 0 Å². The van der Waals surface area contributed by atoms with E-state index in [1.807, 2.05) is 88.3 Å². The van der Waals surface area contributed by atoms with Gasteiger partial charge in [-0.3, -0.25) is 9.36 Å². The van der Waals surface area contributed by atoms with Gasteiger partial charge in [-0.2, -0.15) is 0 Å². The molecule has 0 N–H and O–H groups in total. The number of ether oxygens (including phenoxy) is 2. The Kier molecular flexibility index (Phi) is 8.47. The predicted molar refractivity (Wildman–Crippen MR) is 172 cm³/mol. The minimum absolute atomic E-state index is 0.212. The first-order chi connectivity index (χ1) is 21.0. The third kappa shape index (κ3) is 5.30. The first-order valence-corrected chi connectivity index (χ1v) is 15.1. The number of thiazole rings is 1. The number of carbonyl (C=O) groups is 2. The highest BCUT2D eigenvalue weighted by molar-refractivity contribution is 7.07. The molecule has 0 fully saturated rings. The van der Waals surface area contributed by atoms with Crippen LogP contribution < -0.4 is 19.8 Å². The number of carbonyl (C=O) groups excluding carboxylic acids is 2. The van der Waals surface area contributed by atoms with Crippen molar-refractivity contribution in [3.63, 3.8) is 0 Å². The Morgan fingerprint density at radius 1 is 1.05 bits per heavy atom. The van der Waals surface area contributed by atoms with E-state index in [-0.39, 0.29) is 12.2 Å². The van der Waals surface area contributed by atoms with Crippen molar-refractivity contribution in [2.75, 3.05) is 32.7 Å². The largest absolute Gasteiger partial charge is 0.465 e. The fourth-order valence-electron chi connectivity index (χ4n) is 5.70. The molecule has 0 bridgehead atoms. The lowest BCUT2D eigenvalue weighted by Gasteiger charge is -2.25. The molecule has 0 aliphatic carbocycles. The van der Waals surface area contributed by atoms with Crippen LogP contribution in [0.15, 0.2) is 69.6 Å². The number of fused-ring (bicyclic) bond motifs is 1. The van der Waals surface area contributed by atoms with Crippen LogP contribution in [-0.2, 0) is 14.3 Å². The fraction of sp³-hybridized carbons (Fsp3) is 0.294. The number of allylic oxidation sites excluding steroid dienone is 1. The molecule has 0 saturated carbocycles. The summed E-state index contributed by atoms with van der Waals surface area (Å²) in [7, 11) is 5.29. The lowest BCUT2D eigenvalue weighted by molar-refractivity contribution is -0.139. The van der Waals surface area contributed by atoms with Gasteiger partial charge in [-0.05, 0) is 87.7 Å². The first kappa shape index (κ1) is 30.7. The molecule has 2 aromatic heterocycles. The minimum atomic E-state index is -0.681. The molecule has 1 aliphatic heterocycles. The molecular weight excluding hydrogens is 576 g/mol. The SMILES string of the molecule is CCOC(=O)C1=C(C)N=c2s/c(=C/c3cc(C)n(-c4cccc(C(=O)OC)c4C)c3C)c(=O)n2[C@H]1c1ccc(N(C)C)cc1. The lowest BCUT2D eigenvalue weighted by atomic mass is 9.95. The number of aromatic nitrogens is 2. The van der Waals surface area contributed by atoms with E-state index in [1.54, 1.807) is 24.5 Å². The Balaban J connectivity index is 1.67. The number of nitrogens with zero attached hydrogens (tertiary/aromatic N) is 4. The Labute approximate surface area is 260 Å². The Morgan fingerprint density at radius 2 is 1.75 bits per heavy atom. The highest BCUT2D eigenvalue weighted by Gasteiger charge is 2.33. The Bertz CT molecular complexity index is 1990. The van der Waals surface area contributed by atoms with E-state index in [9.17, 15) is 14.4 Å². The van der Waals surface area contributed by atoms with E-state index < -0.39 is 18.0 Å². The number of aryl methyl sites for hydroxylation is 1. The zero-order chi connectivity index (χ0) is 31.9. The normalized spacial score (nSPS) is 14.7. The average molecular weight is 613 g/mol. The highest BCUT2D eigenvalue weighted by Crippen LogP contribution is 2.32. The smallest absolute Gasteiger partial charge is 0.338 e. The average Bonchev–Trinajstić information content (AvgIpc) is 3.45. The quantitative estimate of drug-likeness (QED) is 0.288. The number of methoxy groups -OCH3 is 1. The molecule has 3 heterocycles. The molecule has 1 aliphatic rings. The summed E-state index contributed by atoms with van der Waals surface area (Å²) in [5.41, 5.74) is 7.32. The maximum absolute atomic E-state index is 14.1. The molecule has 1 atom stereocenters. The van der Waals surface area contributed by atoms with Crippen molar-refractivity contribution in [1.29, 1.82) is 0 Å². The van der Waals surface area contributed by atoms with E-state index in [2.05, 4.69) is 4.57 Å². The van der Waals surface area contributed by atoms with Gasteiger partial charge in [-0.25, -0.2) is 14.6 Å². The first-order valence-electron chi connectivity index (χ1n) is 14.3. The number of esters is 2. The standard InChI is InChI=1S/C34H36N4O5S/c1-9-43-33(41)29-21(4)35-34-38(30(29)23-13-15-25(16-14-23)36(6)7)31(39)28(44-34)18-24-17-19(2)37(22(24)5)27-12-10-11-26(20(27)3)32(40)42-8/h10-18,30H,9H2,1-8H3/b28-18+/t30-/m0/s1. The van der Waals surface area contributed by atoms with Crippen LogP contribution in [0.4, 0.5) is 5.69 Å². The fourth-order valence-corrected chi connectivity index (χ4v) is 6.74. The molecule has 0 radical (unpaired) electrons. The second-order valence-corrected chi connectivity index (χ2v) is 11.9. The number of anilines is 1. The summed E-state index contributed by atoms with van der Waals surface area (Å²) in [5, 5.41) is 0. The number of benzene rings is 2. The summed E-state index contributed by atoms with van der Waals surface area (Å²) in [6, 6.07) is 14.7. The van der Waals surface area contributed by atoms with Gasteiger partial charge < -0.3 is 18.9 Å². The van der Waals surface area contributed by atoms with Crippen molar-refractivity contribution in [3.8, 4) is 5.69 Å². The summed E-state index contributed by atoms with van der Waals surface area (Å²) in [5.74, 6) is -0.880. The molecule has 0 amide bonds. The molecule has 0 saturated heterocycles. The molecule has 0 unspecified atom stereocenters. The van der Waals surface area contributed by atoms with Gasteiger partial charge in [0.05, 0.1) is 41.1 Å². The van der Waals surface area contributed by atoms with Gasteiger partial charge >= 0.3 is 11.9 Å². The molecule has 0 spiro atoms. The van der Waals surface area contributed by atoms with Crippen molar-refractivity contribution in [3.05, 3.63) is 113 Å². The molecule has 44 heavy (non-hydrogen) atoms. The van der Waals surface area contributed by atoms with E-state index in [1.165, 1.54) is 18.4 Å². The van der Waals surface area contributed by atoms with E-state index in [0.717, 1.165) is 39.5 Å². The molecule has 4 aromatic rings. The van der Waals surface area contributed by atoms with Crippen molar-refractivity contribution < 1.29 is 19.1 Å². The van der Waals surface area contributed by atoms with E-state index in [0.29, 0.717) is 26.2 Å². The number of hydrogen-bond donors (Lipinski definition) is 0. The van der Waals surface area contributed by atoms with Crippen LogP contribution >= 0.6 is 11.3 Å². The number of hydrogen-bond acceptors (Lipinski definition) is 8. The summed E-state index contributed by atoms with van der Waals surface area (Å²) >= 11 is 1.29. The summed E-state index contributed by atoms with van der Waals surface area (Å²) in [4.78, 5) is 46.9. The van der Waals surface area contributed by atoms with Crippen molar-refractivity contribution in [2.45, 2.75) is 40.7 Å². The van der Waals surface area contributed by atoms with Crippen LogP contribution in [-0.4, -0.2) is 48.9 Å². The maximum atomic E-state index is 14.1. The van der Waals surface area contributed by atoms with Crippen LogP contribution in [0.1, 0.15) is 58.3 Å². The highest BCUT2D eigenvalue weighted by atomic mass is 32.1. The topological polar surface area (TPSA) is 95.1 Å². The lowest BCUT2D eigenvalue weighted by Crippen LogP contribution is -2.40. The van der Waals surface area contributed by atoms with Crippen LogP contribution in [0.25, 0.3) is 11.8 Å². The van der Waals surface area contributed by atoms with Gasteiger partial charge in [-0.1, -0.05) is 29.5 Å². The molecular formula is C34H36N4O5S. The van der Waals surface area contributed by atoms with Gasteiger partial charge in [0.1, 0.15) is 0 Å². The molecule has 228 valence electrons. The Hall–Kier alpha value is -4.70. The molecule has 10 heteroatoms. The van der Waals surface area contributed by atoms with Crippen LogP contribution in [0, 0.1) is 20.8 Å². The Morgan fingerprint density at radius 3 is 2.39 bits per heavy atom. The third-order valence-electron chi connectivity index (χ3n) is 7.95. The van der Waals surface area contributed by atoms with Gasteiger partial charge in [0.2, 0.25) is 0 Å². The van der Waals surface area contributed by atoms with E-state index >= 15 is 0 Å². The van der Waals surface area contributed by atoms with Crippen molar-refractivity contribution in [2.24, 2.45) is 4.99 Å². The maximum Gasteiger partial charge on any atom is 0.338 e. The second-order valence-electron chi connectivity index (χ2n) is 10.9. The van der Waals surface area contributed by atoms with Crippen molar-refractivity contribution in [1.82, 2.24) is 9.13 Å². The third-order valence-corrected chi connectivity index (χ3v) is 8.93. The van der Waals surface area contributed by atoms with Crippen molar-refractivity contribution >= 4 is 35.0 Å². The minimum Gasteiger partial charge on any atom is -0.465 e. The molecule has 9 nitrogen and oxygen atoms in total. The monoisotopic (exact) mass is 612 g/mol. The zero-order valence-electron chi connectivity index (χ0n) is 26.2. The zero-order valence-corrected chi connectivity index (χ0v) is 27.0. The van der Waals surface area contributed by atoms with Crippen LogP contribution in [0.3, 0.4) is 0 Å². The molecule has 5 rings (SSSR count). The molecule has 2 aromatic carbocycles. The van der Waals surface area contributed by atoms with Gasteiger partial charge in [0.15, 0.2) is 4.80 Å². The van der Waals surface area contributed by atoms with E-state index in [4.69, 9.17) is 14.5 Å².